The highest BCUT2D eigenvalue weighted by atomic mass is 79.9. The molecular formula is C14H19BrN2O2. The van der Waals surface area contributed by atoms with Crippen molar-refractivity contribution in [1.29, 1.82) is 0 Å². The zero-order chi connectivity index (χ0) is 14.0. The predicted octanol–water partition coefficient (Wildman–Crippen LogP) is 3.40. The highest BCUT2D eigenvalue weighted by Crippen LogP contribution is 2.24. The summed E-state index contributed by atoms with van der Waals surface area (Å²) in [6, 6.07) is 3.79. The number of hydrogen-bond donors (Lipinski definition) is 0. The number of ether oxygens (including phenoxy) is 1. The van der Waals surface area contributed by atoms with E-state index in [1.807, 2.05) is 32.9 Å². The van der Waals surface area contributed by atoms with Gasteiger partial charge in [0, 0.05) is 13.1 Å². The summed E-state index contributed by atoms with van der Waals surface area (Å²) < 4.78 is 6.04. The molecule has 1 aliphatic heterocycles. The molecular weight excluding hydrogens is 308 g/mol. The van der Waals surface area contributed by atoms with Crippen molar-refractivity contribution in [3.63, 3.8) is 0 Å². The number of anilines is 1. The van der Waals surface area contributed by atoms with Gasteiger partial charge >= 0.3 is 5.97 Å². The SMILES string of the molecule is CC(C)(C)OC(=O)c1nc(N2CCCC2)ccc1Br. The van der Waals surface area contributed by atoms with Gasteiger partial charge in [-0.15, -0.1) is 0 Å². The first-order valence-electron chi connectivity index (χ1n) is 6.52. The largest absolute Gasteiger partial charge is 0.455 e. The summed E-state index contributed by atoms with van der Waals surface area (Å²) in [7, 11) is 0. The van der Waals surface area contributed by atoms with Crippen LogP contribution >= 0.6 is 15.9 Å². The van der Waals surface area contributed by atoms with E-state index in [-0.39, 0.29) is 5.97 Å². The summed E-state index contributed by atoms with van der Waals surface area (Å²) in [5.74, 6) is 0.460. The third-order valence-corrected chi connectivity index (χ3v) is 3.49. The van der Waals surface area contributed by atoms with Crippen LogP contribution in [0.25, 0.3) is 0 Å². The maximum Gasteiger partial charge on any atom is 0.358 e. The second-order valence-electron chi connectivity index (χ2n) is 5.70. The van der Waals surface area contributed by atoms with Gasteiger partial charge in [-0.1, -0.05) is 0 Å². The van der Waals surface area contributed by atoms with Gasteiger partial charge in [-0.3, -0.25) is 0 Å². The van der Waals surface area contributed by atoms with Crippen LogP contribution in [-0.2, 0) is 4.74 Å². The van der Waals surface area contributed by atoms with E-state index in [4.69, 9.17) is 4.74 Å². The highest BCUT2D eigenvalue weighted by Gasteiger charge is 2.23. The van der Waals surface area contributed by atoms with E-state index in [1.54, 1.807) is 0 Å². The van der Waals surface area contributed by atoms with Crippen LogP contribution in [0.3, 0.4) is 0 Å². The van der Waals surface area contributed by atoms with E-state index in [1.165, 1.54) is 12.8 Å². The molecule has 5 heteroatoms. The molecule has 104 valence electrons. The number of carbonyl (C=O) groups excluding carboxylic acids is 1. The number of aromatic nitrogens is 1. The number of esters is 1. The van der Waals surface area contributed by atoms with Crippen molar-refractivity contribution in [3.8, 4) is 0 Å². The minimum atomic E-state index is -0.512. The lowest BCUT2D eigenvalue weighted by Crippen LogP contribution is -2.26. The zero-order valence-electron chi connectivity index (χ0n) is 11.6. The highest BCUT2D eigenvalue weighted by molar-refractivity contribution is 9.10. The Morgan fingerprint density at radius 2 is 1.95 bits per heavy atom. The van der Waals surface area contributed by atoms with Crippen molar-refractivity contribution in [3.05, 3.63) is 22.3 Å². The van der Waals surface area contributed by atoms with E-state index in [2.05, 4.69) is 25.8 Å². The van der Waals surface area contributed by atoms with Gasteiger partial charge in [-0.2, -0.15) is 0 Å². The van der Waals surface area contributed by atoms with Gasteiger partial charge < -0.3 is 9.64 Å². The molecule has 0 spiro atoms. The quantitative estimate of drug-likeness (QED) is 0.781. The lowest BCUT2D eigenvalue weighted by molar-refractivity contribution is 0.00618. The Bertz CT molecular complexity index is 477. The fraction of sp³-hybridized carbons (Fsp3) is 0.571. The molecule has 0 radical (unpaired) electrons. The molecule has 0 aromatic carbocycles. The van der Waals surface area contributed by atoms with Crippen molar-refractivity contribution < 1.29 is 9.53 Å². The van der Waals surface area contributed by atoms with Crippen LogP contribution in [0.5, 0.6) is 0 Å². The molecule has 2 heterocycles. The van der Waals surface area contributed by atoms with Gasteiger partial charge in [-0.25, -0.2) is 9.78 Å². The first-order valence-corrected chi connectivity index (χ1v) is 7.31. The average molecular weight is 327 g/mol. The minimum absolute atomic E-state index is 0.347. The van der Waals surface area contributed by atoms with Crippen LogP contribution in [0, 0.1) is 0 Å². The fourth-order valence-corrected chi connectivity index (χ4v) is 2.41. The molecule has 19 heavy (non-hydrogen) atoms. The van der Waals surface area contributed by atoms with Crippen molar-refractivity contribution in [2.75, 3.05) is 18.0 Å². The van der Waals surface area contributed by atoms with Crippen molar-refractivity contribution in [2.45, 2.75) is 39.2 Å². The van der Waals surface area contributed by atoms with Gasteiger partial charge in [-0.05, 0) is 61.7 Å². The van der Waals surface area contributed by atoms with Crippen LogP contribution in [0.4, 0.5) is 5.82 Å². The first kappa shape index (κ1) is 14.3. The van der Waals surface area contributed by atoms with Crippen molar-refractivity contribution in [2.24, 2.45) is 0 Å². The third-order valence-electron chi connectivity index (χ3n) is 2.85. The van der Waals surface area contributed by atoms with Gasteiger partial charge in [0.25, 0.3) is 0 Å². The van der Waals surface area contributed by atoms with E-state index in [9.17, 15) is 4.79 Å². The molecule has 1 fully saturated rings. The Labute approximate surface area is 122 Å². The molecule has 0 saturated carbocycles. The van der Waals surface area contributed by atoms with Crippen LogP contribution in [0.15, 0.2) is 16.6 Å². The molecule has 0 atom stereocenters. The Morgan fingerprint density at radius 3 is 2.53 bits per heavy atom. The Kier molecular flexibility index (Phi) is 4.13. The molecule has 0 unspecified atom stereocenters. The fourth-order valence-electron chi connectivity index (χ4n) is 2.02. The Morgan fingerprint density at radius 1 is 1.32 bits per heavy atom. The summed E-state index contributed by atoms with van der Waals surface area (Å²) >= 11 is 3.37. The maximum atomic E-state index is 12.1. The second kappa shape index (κ2) is 5.49. The summed E-state index contributed by atoms with van der Waals surface area (Å²) in [4.78, 5) is 18.8. The lowest BCUT2D eigenvalue weighted by Gasteiger charge is -2.21. The second-order valence-corrected chi connectivity index (χ2v) is 6.55. The molecule has 0 N–H and O–H groups in total. The van der Waals surface area contributed by atoms with E-state index >= 15 is 0 Å². The minimum Gasteiger partial charge on any atom is -0.455 e. The molecule has 1 aromatic heterocycles. The van der Waals surface area contributed by atoms with Gasteiger partial charge in [0.1, 0.15) is 11.4 Å². The molecule has 0 amide bonds. The van der Waals surface area contributed by atoms with Crippen molar-refractivity contribution in [1.82, 2.24) is 4.98 Å². The molecule has 1 aliphatic rings. The molecule has 4 nitrogen and oxygen atoms in total. The van der Waals surface area contributed by atoms with E-state index in [0.29, 0.717) is 10.2 Å². The summed E-state index contributed by atoms with van der Waals surface area (Å²) in [6.45, 7) is 7.56. The first-order chi connectivity index (χ1) is 8.87. The number of nitrogens with zero attached hydrogens (tertiary/aromatic N) is 2. The number of carbonyl (C=O) groups is 1. The molecule has 1 aromatic rings. The zero-order valence-corrected chi connectivity index (χ0v) is 13.2. The smallest absolute Gasteiger partial charge is 0.358 e. The van der Waals surface area contributed by atoms with Crippen molar-refractivity contribution >= 4 is 27.7 Å². The summed E-state index contributed by atoms with van der Waals surface area (Å²) in [5, 5.41) is 0. The van der Waals surface area contributed by atoms with E-state index in [0.717, 1.165) is 18.9 Å². The Balaban J connectivity index is 2.24. The third kappa shape index (κ3) is 3.69. The predicted molar refractivity (Wildman–Crippen MR) is 78.6 cm³/mol. The monoisotopic (exact) mass is 326 g/mol. The van der Waals surface area contributed by atoms with E-state index < -0.39 is 5.60 Å². The van der Waals surface area contributed by atoms with Crippen LogP contribution in [0.2, 0.25) is 0 Å². The summed E-state index contributed by atoms with van der Waals surface area (Å²) in [5.41, 5.74) is -0.165. The number of hydrogen-bond acceptors (Lipinski definition) is 4. The standard InChI is InChI=1S/C14H19BrN2O2/c1-14(2,3)19-13(18)12-10(15)6-7-11(16-12)17-8-4-5-9-17/h6-7H,4-5,8-9H2,1-3H3. The maximum absolute atomic E-state index is 12.1. The molecule has 1 saturated heterocycles. The number of rotatable bonds is 2. The molecule has 2 rings (SSSR count). The van der Waals surface area contributed by atoms with Crippen LogP contribution in [-0.4, -0.2) is 29.6 Å². The van der Waals surface area contributed by atoms with Crippen LogP contribution in [0.1, 0.15) is 44.1 Å². The normalized spacial score (nSPS) is 15.7. The van der Waals surface area contributed by atoms with Gasteiger partial charge in [0.2, 0.25) is 0 Å². The topological polar surface area (TPSA) is 42.4 Å². The molecule has 0 aliphatic carbocycles. The number of pyridine rings is 1. The van der Waals surface area contributed by atoms with Crippen LogP contribution < -0.4 is 4.90 Å². The number of halogens is 1. The van der Waals surface area contributed by atoms with Gasteiger partial charge in [0.05, 0.1) is 4.47 Å². The Hall–Kier alpha value is -1.10. The lowest BCUT2D eigenvalue weighted by atomic mass is 10.2. The summed E-state index contributed by atoms with van der Waals surface area (Å²) in [6.07, 6.45) is 2.36. The van der Waals surface area contributed by atoms with Gasteiger partial charge in [0.15, 0.2) is 5.69 Å². The average Bonchev–Trinajstić information content (AvgIpc) is 2.80. The molecule has 0 bridgehead atoms.